The van der Waals surface area contributed by atoms with Gasteiger partial charge in [-0.2, -0.15) is 0 Å². The smallest absolute Gasteiger partial charge is 1.00 e. The first-order valence-electron chi connectivity index (χ1n) is 5.04. The topological polar surface area (TPSA) is 66.8 Å². The molecule has 0 unspecified atom stereocenters. The van der Waals surface area contributed by atoms with Gasteiger partial charge in [-0.05, 0) is 20.8 Å². The molecule has 1 saturated heterocycles. The minimum atomic E-state index is -2.34. The molecule has 0 aromatic heterocycles. The summed E-state index contributed by atoms with van der Waals surface area (Å²) in [6, 6.07) is 0. The van der Waals surface area contributed by atoms with Crippen LogP contribution in [-0.2, 0) is 9.53 Å². The first-order valence-corrected chi connectivity index (χ1v) is 5.04. The maximum Gasteiger partial charge on any atom is 1.00 e. The number of carboxylic acids is 1. The fourth-order valence-corrected chi connectivity index (χ4v) is 1.43. The molecule has 0 radical (unpaired) electrons. The van der Waals surface area contributed by atoms with Crippen LogP contribution < -0.4 is 18.9 Å². The van der Waals surface area contributed by atoms with Gasteiger partial charge >= 0.3 is 30.9 Å². The molecule has 0 bridgehead atoms. The molecule has 1 fully saturated rings. The number of ether oxygens (including phenoxy) is 1. The first-order chi connectivity index (χ1) is 7.14. The number of halogens is 1. The van der Waals surface area contributed by atoms with Crippen LogP contribution in [0.2, 0.25) is 0 Å². The quantitative estimate of drug-likeness (QED) is 0.570. The summed E-state index contributed by atoms with van der Waals surface area (Å²) in [4.78, 5) is 23.2. The standard InChI is InChI=1S/C10H16FNO4.Li.H/c1-9(2,3)16-8(15)12-5-4-10(11,6-12)7(13)14;;/h4-6H2,1-3H3,(H,13,14);;/q;+1;-1/t10-;;/m0../s1. The Morgan fingerprint density at radius 1 is 1.47 bits per heavy atom. The molecule has 1 aliphatic rings. The Morgan fingerprint density at radius 3 is 2.35 bits per heavy atom. The molecule has 94 valence electrons. The fraction of sp³-hybridized carbons (Fsp3) is 0.800. The number of carbonyl (C=O) groups is 2. The van der Waals surface area contributed by atoms with Gasteiger partial charge in [0, 0.05) is 13.0 Å². The Bertz CT molecular complexity index is 323. The summed E-state index contributed by atoms with van der Waals surface area (Å²) in [6.45, 7) is 4.71. The van der Waals surface area contributed by atoms with Gasteiger partial charge in [0.1, 0.15) is 5.60 Å². The van der Waals surface area contributed by atoms with Crippen LogP contribution in [0.3, 0.4) is 0 Å². The van der Waals surface area contributed by atoms with E-state index in [1.165, 1.54) is 0 Å². The zero-order valence-electron chi connectivity index (χ0n) is 11.6. The van der Waals surface area contributed by atoms with Crippen LogP contribution in [0.4, 0.5) is 9.18 Å². The summed E-state index contributed by atoms with van der Waals surface area (Å²) in [5.41, 5.74) is -3.00. The largest absolute Gasteiger partial charge is 1.00 e. The van der Waals surface area contributed by atoms with Gasteiger partial charge < -0.3 is 16.2 Å². The average molecular weight is 241 g/mol. The van der Waals surface area contributed by atoms with Crippen LogP contribution in [0, 0.1) is 0 Å². The van der Waals surface area contributed by atoms with E-state index in [9.17, 15) is 14.0 Å². The third-order valence-electron chi connectivity index (χ3n) is 2.25. The Kier molecular flexibility index (Phi) is 5.05. The number of amides is 1. The summed E-state index contributed by atoms with van der Waals surface area (Å²) >= 11 is 0. The van der Waals surface area contributed by atoms with Crippen molar-refractivity contribution < 1.29 is 44.1 Å². The third-order valence-corrected chi connectivity index (χ3v) is 2.25. The zero-order chi connectivity index (χ0) is 12.6. The second-order valence-electron chi connectivity index (χ2n) is 4.92. The molecule has 1 aliphatic heterocycles. The van der Waals surface area contributed by atoms with Crippen molar-refractivity contribution in [3.8, 4) is 0 Å². The fourth-order valence-electron chi connectivity index (χ4n) is 1.43. The molecule has 0 saturated carbocycles. The second kappa shape index (κ2) is 5.28. The minimum absolute atomic E-state index is 0. The number of aliphatic carboxylic acids is 1. The van der Waals surface area contributed by atoms with E-state index in [0.29, 0.717) is 0 Å². The van der Waals surface area contributed by atoms with E-state index in [1.807, 2.05) is 0 Å². The summed E-state index contributed by atoms with van der Waals surface area (Å²) in [5.74, 6) is -1.53. The predicted octanol–water partition coefficient (Wildman–Crippen LogP) is -1.46. The zero-order valence-corrected chi connectivity index (χ0v) is 10.6. The number of likely N-dealkylation sites (tertiary alicyclic amines) is 1. The molecule has 0 spiro atoms. The molecule has 0 aromatic carbocycles. The SMILES string of the molecule is CC(C)(C)OC(=O)N1CC[C@@](F)(C(=O)O)C1.[H-].[Li+]. The van der Waals surface area contributed by atoms with Gasteiger partial charge in [-0.1, -0.05) is 0 Å². The molecule has 5 nitrogen and oxygen atoms in total. The number of alkyl halides is 1. The van der Waals surface area contributed by atoms with E-state index in [4.69, 9.17) is 9.84 Å². The van der Waals surface area contributed by atoms with Crippen molar-refractivity contribution in [2.24, 2.45) is 0 Å². The van der Waals surface area contributed by atoms with Crippen LogP contribution in [0.1, 0.15) is 28.6 Å². The van der Waals surface area contributed by atoms with Crippen molar-refractivity contribution in [3.05, 3.63) is 0 Å². The van der Waals surface area contributed by atoms with Crippen LogP contribution in [0.25, 0.3) is 0 Å². The molecule has 1 amide bonds. The maximum absolute atomic E-state index is 13.6. The molecule has 1 atom stereocenters. The Balaban J connectivity index is 0. The molecule has 1 N–H and O–H groups in total. The van der Waals surface area contributed by atoms with Crippen molar-refractivity contribution >= 4 is 12.1 Å². The number of carboxylic acid groups (broad SMARTS) is 1. The average Bonchev–Trinajstić information content (AvgIpc) is 2.46. The van der Waals surface area contributed by atoms with Crippen LogP contribution in [0.15, 0.2) is 0 Å². The summed E-state index contributed by atoms with van der Waals surface area (Å²) in [6.07, 6.45) is -0.866. The second-order valence-corrected chi connectivity index (χ2v) is 4.92. The molecule has 0 aromatic rings. The molecular formula is C10H17FLiNO4. The number of hydrogen-bond donors (Lipinski definition) is 1. The number of nitrogens with zero attached hydrogens (tertiary/aromatic N) is 1. The normalized spacial score (nSPS) is 24.1. The van der Waals surface area contributed by atoms with E-state index >= 15 is 0 Å². The Hall–Kier alpha value is -0.733. The van der Waals surface area contributed by atoms with Gasteiger partial charge in [-0.25, -0.2) is 14.0 Å². The van der Waals surface area contributed by atoms with Gasteiger partial charge in [0.05, 0.1) is 6.54 Å². The van der Waals surface area contributed by atoms with Crippen molar-refractivity contribution in [1.29, 1.82) is 0 Å². The van der Waals surface area contributed by atoms with E-state index < -0.39 is 29.9 Å². The Morgan fingerprint density at radius 2 is 2.00 bits per heavy atom. The van der Waals surface area contributed by atoms with Gasteiger partial charge in [-0.15, -0.1) is 0 Å². The minimum Gasteiger partial charge on any atom is -1.00 e. The van der Waals surface area contributed by atoms with E-state index in [0.717, 1.165) is 4.90 Å². The number of rotatable bonds is 1. The van der Waals surface area contributed by atoms with Crippen molar-refractivity contribution in [1.82, 2.24) is 4.90 Å². The Labute approximate surface area is 113 Å². The van der Waals surface area contributed by atoms with E-state index in [1.54, 1.807) is 20.8 Å². The summed E-state index contributed by atoms with van der Waals surface area (Å²) in [7, 11) is 0. The monoisotopic (exact) mass is 241 g/mol. The summed E-state index contributed by atoms with van der Waals surface area (Å²) < 4.78 is 18.7. The molecule has 1 rings (SSSR count). The molecule has 0 aliphatic carbocycles. The van der Waals surface area contributed by atoms with Crippen molar-refractivity contribution in [3.63, 3.8) is 0 Å². The van der Waals surface area contributed by atoms with Gasteiger partial charge in [0.25, 0.3) is 0 Å². The number of carbonyl (C=O) groups excluding carboxylic acids is 1. The van der Waals surface area contributed by atoms with Crippen molar-refractivity contribution in [2.45, 2.75) is 38.5 Å². The molecular weight excluding hydrogens is 224 g/mol. The predicted molar refractivity (Wildman–Crippen MR) is 55.0 cm³/mol. The van der Waals surface area contributed by atoms with Gasteiger partial charge in [-0.3, -0.25) is 0 Å². The van der Waals surface area contributed by atoms with Gasteiger partial charge in [0.15, 0.2) is 0 Å². The van der Waals surface area contributed by atoms with E-state index in [2.05, 4.69) is 0 Å². The third kappa shape index (κ3) is 4.21. The van der Waals surface area contributed by atoms with Crippen LogP contribution >= 0.6 is 0 Å². The number of hydrogen-bond acceptors (Lipinski definition) is 3. The van der Waals surface area contributed by atoms with Gasteiger partial charge in [0.2, 0.25) is 5.67 Å². The van der Waals surface area contributed by atoms with E-state index in [-0.39, 0.29) is 33.3 Å². The molecule has 17 heavy (non-hydrogen) atoms. The van der Waals surface area contributed by atoms with Crippen LogP contribution in [0.5, 0.6) is 0 Å². The summed E-state index contributed by atoms with van der Waals surface area (Å²) in [5, 5.41) is 8.65. The van der Waals surface area contributed by atoms with Crippen molar-refractivity contribution in [2.75, 3.05) is 13.1 Å². The van der Waals surface area contributed by atoms with Crippen LogP contribution in [-0.4, -0.2) is 46.4 Å². The first kappa shape index (κ1) is 16.3. The molecule has 1 heterocycles. The molecule has 7 heteroatoms. The maximum atomic E-state index is 13.6.